The van der Waals surface area contributed by atoms with E-state index in [1.165, 1.54) is 90.0 Å². The van der Waals surface area contributed by atoms with Crippen LogP contribution >= 0.6 is 0 Å². The van der Waals surface area contributed by atoms with Crippen LogP contribution in [0.3, 0.4) is 0 Å². The highest BCUT2D eigenvalue weighted by Gasteiger charge is 1.93. The summed E-state index contributed by atoms with van der Waals surface area (Å²) in [4.78, 5) is 22.1. The summed E-state index contributed by atoms with van der Waals surface area (Å²) in [5.74, 6) is -0.387. The second-order valence-electron chi connectivity index (χ2n) is 7.38. The first-order valence-corrected chi connectivity index (χ1v) is 11.3. The van der Waals surface area contributed by atoms with E-state index in [0.717, 1.165) is 12.8 Å². The Labute approximate surface area is 173 Å². The first kappa shape index (κ1) is 26.4. The molecule has 0 bridgehead atoms. The average molecular weight is 391 g/mol. The summed E-state index contributed by atoms with van der Waals surface area (Å²) in [5.41, 5.74) is 0. The quantitative estimate of drug-likeness (QED) is 0.101. The minimum atomic E-state index is -0.335. The lowest BCUT2D eigenvalue weighted by molar-refractivity contribution is -0.139. The van der Waals surface area contributed by atoms with Gasteiger partial charge in [0.1, 0.15) is 6.61 Å². The van der Waals surface area contributed by atoms with Crippen molar-refractivity contribution in [2.75, 3.05) is 6.61 Å². The highest BCUT2D eigenvalue weighted by atomic mass is 16.5. The number of ketones is 1. The Hall–Kier alpha value is -1.64. The second kappa shape index (κ2) is 21.7. The third kappa shape index (κ3) is 22.4. The number of hydrogen-bond donors (Lipinski definition) is 0. The van der Waals surface area contributed by atoms with Crippen LogP contribution in [0.1, 0.15) is 104 Å². The zero-order valence-electron chi connectivity index (χ0n) is 18.3. The standard InChI is InChI=1S/C25H42O3/c1-3-4-5-6-7-8-9-10-11-12-13-14-15-16-17-18-19-21-25(27)22-20-23-28-24(2)26/h6-7,19-22H,3-5,8-18,23H2,1-2H3. The monoisotopic (exact) mass is 390 g/mol. The molecule has 0 aliphatic heterocycles. The van der Waals surface area contributed by atoms with Crippen molar-refractivity contribution in [3.63, 3.8) is 0 Å². The molecule has 0 N–H and O–H groups in total. The van der Waals surface area contributed by atoms with Crippen LogP contribution in [0.5, 0.6) is 0 Å². The minimum Gasteiger partial charge on any atom is -0.462 e. The number of esters is 1. The molecule has 0 unspecified atom stereocenters. The summed E-state index contributed by atoms with van der Waals surface area (Å²) in [7, 11) is 0. The largest absolute Gasteiger partial charge is 0.462 e. The summed E-state index contributed by atoms with van der Waals surface area (Å²) in [6.07, 6.45) is 29.1. The van der Waals surface area contributed by atoms with Gasteiger partial charge in [-0.2, -0.15) is 0 Å². The number of carbonyl (C=O) groups is 2. The molecule has 0 aromatic rings. The van der Waals surface area contributed by atoms with Gasteiger partial charge in [-0.25, -0.2) is 0 Å². The predicted molar refractivity (Wildman–Crippen MR) is 119 cm³/mol. The van der Waals surface area contributed by atoms with E-state index in [4.69, 9.17) is 4.74 Å². The van der Waals surface area contributed by atoms with Crippen molar-refractivity contribution in [2.24, 2.45) is 0 Å². The molecular formula is C25H42O3. The zero-order chi connectivity index (χ0) is 20.7. The summed E-state index contributed by atoms with van der Waals surface area (Å²) in [5, 5.41) is 0. The molecule has 28 heavy (non-hydrogen) atoms. The van der Waals surface area contributed by atoms with Crippen LogP contribution in [0.4, 0.5) is 0 Å². The molecule has 160 valence electrons. The molecule has 0 atom stereocenters. The van der Waals surface area contributed by atoms with E-state index in [1.807, 2.05) is 6.08 Å². The lowest BCUT2D eigenvalue weighted by Gasteiger charge is -2.01. The minimum absolute atomic E-state index is 0.0522. The van der Waals surface area contributed by atoms with Crippen molar-refractivity contribution >= 4 is 11.8 Å². The smallest absolute Gasteiger partial charge is 0.302 e. The van der Waals surface area contributed by atoms with Crippen LogP contribution in [-0.4, -0.2) is 18.4 Å². The van der Waals surface area contributed by atoms with Crippen molar-refractivity contribution < 1.29 is 14.3 Å². The molecule has 3 heteroatoms. The van der Waals surface area contributed by atoms with E-state index in [-0.39, 0.29) is 18.4 Å². The molecule has 0 heterocycles. The Balaban J connectivity index is 3.31. The van der Waals surface area contributed by atoms with E-state index in [9.17, 15) is 9.59 Å². The van der Waals surface area contributed by atoms with E-state index in [2.05, 4.69) is 19.1 Å². The van der Waals surface area contributed by atoms with Crippen LogP contribution in [0, 0.1) is 0 Å². The molecule has 0 saturated heterocycles. The van der Waals surface area contributed by atoms with Gasteiger partial charge in [0.25, 0.3) is 0 Å². The van der Waals surface area contributed by atoms with E-state index in [1.54, 1.807) is 12.2 Å². The van der Waals surface area contributed by atoms with Crippen molar-refractivity contribution in [1.29, 1.82) is 0 Å². The number of carbonyl (C=O) groups excluding carboxylic acids is 2. The highest BCUT2D eigenvalue weighted by molar-refractivity contribution is 5.99. The van der Waals surface area contributed by atoms with Crippen molar-refractivity contribution in [3.05, 3.63) is 36.5 Å². The fourth-order valence-corrected chi connectivity index (χ4v) is 2.90. The molecule has 0 fully saturated rings. The van der Waals surface area contributed by atoms with E-state index < -0.39 is 0 Å². The molecule has 0 aromatic carbocycles. The van der Waals surface area contributed by atoms with Gasteiger partial charge < -0.3 is 4.74 Å². The number of allylic oxidation sites excluding steroid dienone is 5. The van der Waals surface area contributed by atoms with Gasteiger partial charge in [0, 0.05) is 6.92 Å². The lowest BCUT2D eigenvalue weighted by Crippen LogP contribution is -1.98. The van der Waals surface area contributed by atoms with Crippen LogP contribution in [-0.2, 0) is 14.3 Å². The Morgan fingerprint density at radius 1 is 0.643 bits per heavy atom. The molecule has 0 saturated carbocycles. The molecule has 0 spiro atoms. The molecule has 0 aliphatic carbocycles. The summed E-state index contributed by atoms with van der Waals surface area (Å²) in [6, 6.07) is 0. The maximum atomic E-state index is 11.5. The van der Waals surface area contributed by atoms with Crippen LogP contribution in [0.25, 0.3) is 0 Å². The molecule has 0 aromatic heterocycles. The number of rotatable bonds is 19. The van der Waals surface area contributed by atoms with Gasteiger partial charge in [-0.1, -0.05) is 82.9 Å². The normalized spacial score (nSPS) is 11.8. The van der Waals surface area contributed by atoms with Gasteiger partial charge in [0.15, 0.2) is 5.78 Å². The third-order valence-corrected chi connectivity index (χ3v) is 4.58. The number of ether oxygens (including phenoxy) is 1. The maximum Gasteiger partial charge on any atom is 0.302 e. The lowest BCUT2D eigenvalue weighted by atomic mass is 10.1. The molecular weight excluding hydrogens is 348 g/mol. The molecule has 0 amide bonds. The number of unbranched alkanes of at least 4 members (excludes halogenated alkanes) is 12. The Kier molecular flexibility index (Phi) is 20.4. The SMILES string of the molecule is CCCCC=CCCCCCCCCCCCC=CC(=O)C=CCOC(C)=O. The van der Waals surface area contributed by atoms with Crippen molar-refractivity contribution in [1.82, 2.24) is 0 Å². The van der Waals surface area contributed by atoms with Gasteiger partial charge in [-0.05, 0) is 50.3 Å². The van der Waals surface area contributed by atoms with Crippen LogP contribution in [0.2, 0.25) is 0 Å². The average Bonchev–Trinajstić information content (AvgIpc) is 2.67. The van der Waals surface area contributed by atoms with Gasteiger partial charge >= 0.3 is 5.97 Å². The Bertz CT molecular complexity index is 460. The summed E-state index contributed by atoms with van der Waals surface area (Å²) in [6.45, 7) is 3.75. The molecule has 0 aliphatic rings. The van der Waals surface area contributed by atoms with E-state index in [0.29, 0.717) is 0 Å². The fraction of sp³-hybridized carbons (Fsp3) is 0.680. The van der Waals surface area contributed by atoms with Gasteiger partial charge in [0.05, 0.1) is 0 Å². The predicted octanol–water partition coefficient (Wildman–Crippen LogP) is 7.27. The maximum absolute atomic E-state index is 11.5. The van der Waals surface area contributed by atoms with E-state index >= 15 is 0 Å². The molecule has 0 radical (unpaired) electrons. The van der Waals surface area contributed by atoms with Crippen LogP contribution < -0.4 is 0 Å². The van der Waals surface area contributed by atoms with Gasteiger partial charge in [-0.15, -0.1) is 0 Å². The Morgan fingerprint density at radius 2 is 1.11 bits per heavy atom. The van der Waals surface area contributed by atoms with Crippen LogP contribution in [0.15, 0.2) is 36.5 Å². The van der Waals surface area contributed by atoms with Gasteiger partial charge in [-0.3, -0.25) is 9.59 Å². The molecule has 0 rings (SSSR count). The number of hydrogen-bond acceptors (Lipinski definition) is 3. The molecule has 3 nitrogen and oxygen atoms in total. The summed E-state index contributed by atoms with van der Waals surface area (Å²) >= 11 is 0. The summed E-state index contributed by atoms with van der Waals surface area (Å²) < 4.78 is 4.73. The van der Waals surface area contributed by atoms with Gasteiger partial charge in [0.2, 0.25) is 0 Å². The highest BCUT2D eigenvalue weighted by Crippen LogP contribution is 2.12. The second-order valence-corrected chi connectivity index (χ2v) is 7.38. The Morgan fingerprint density at radius 3 is 1.64 bits per heavy atom. The van der Waals surface area contributed by atoms with Crippen molar-refractivity contribution in [2.45, 2.75) is 104 Å². The first-order chi connectivity index (χ1) is 13.7. The fourth-order valence-electron chi connectivity index (χ4n) is 2.90. The zero-order valence-corrected chi connectivity index (χ0v) is 18.3. The van der Waals surface area contributed by atoms with Crippen molar-refractivity contribution in [3.8, 4) is 0 Å². The third-order valence-electron chi connectivity index (χ3n) is 4.58. The first-order valence-electron chi connectivity index (χ1n) is 11.3. The topological polar surface area (TPSA) is 43.4 Å².